The van der Waals surface area contributed by atoms with Crippen LogP contribution in [0.1, 0.15) is 55.2 Å². The summed E-state index contributed by atoms with van der Waals surface area (Å²) in [6, 6.07) is 16.7. The predicted molar refractivity (Wildman–Crippen MR) is 111 cm³/mol. The van der Waals surface area contributed by atoms with Crippen LogP contribution in [0.5, 0.6) is 0 Å². The molecular formula is C24H28NP. The zero-order chi connectivity index (χ0) is 17.3. The lowest BCUT2D eigenvalue weighted by atomic mass is 9.43. The van der Waals surface area contributed by atoms with E-state index in [0.717, 1.165) is 30.2 Å². The number of fused-ring (bicyclic) bond motifs is 4. The molecular weight excluding hydrogens is 333 g/mol. The molecule has 2 aromatic rings. The third-order valence-electron chi connectivity index (χ3n) is 8.33. The van der Waals surface area contributed by atoms with Crippen molar-refractivity contribution in [2.24, 2.45) is 23.7 Å². The quantitative estimate of drug-likeness (QED) is 0.679. The summed E-state index contributed by atoms with van der Waals surface area (Å²) in [5.74, 6) is 3.67. The molecule has 1 nitrogen and oxygen atoms in total. The van der Waals surface area contributed by atoms with Crippen molar-refractivity contribution in [3.8, 4) is 11.1 Å². The highest BCUT2D eigenvalue weighted by Crippen LogP contribution is 2.68. The van der Waals surface area contributed by atoms with Crippen LogP contribution in [0.25, 0.3) is 11.1 Å². The van der Waals surface area contributed by atoms with Gasteiger partial charge in [-0.15, -0.1) is 0 Å². The molecule has 0 saturated heterocycles. The number of benzene rings is 2. The van der Waals surface area contributed by atoms with E-state index in [9.17, 15) is 0 Å². The fraction of sp³-hybridized carbons (Fsp3) is 0.500. The summed E-state index contributed by atoms with van der Waals surface area (Å²) in [6.45, 7) is 0.936. The molecule has 0 aromatic heterocycles. The van der Waals surface area contributed by atoms with Crippen molar-refractivity contribution in [2.45, 2.75) is 50.5 Å². The minimum Gasteiger partial charge on any atom is -0.296 e. The smallest absolute Gasteiger partial charge is 0.0274 e. The first-order valence-electron chi connectivity index (χ1n) is 10.5. The molecule has 6 rings (SSSR count). The van der Waals surface area contributed by atoms with Crippen molar-refractivity contribution in [2.75, 3.05) is 0 Å². The van der Waals surface area contributed by atoms with E-state index < -0.39 is 0 Å². The van der Waals surface area contributed by atoms with Gasteiger partial charge in [-0.3, -0.25) is 5.09 Å². The maximum Gasteiger partial charge on any atom is 0.0274 e. The topological polar surface area (TPSA) is 12.0 Å². The van der Waals surface area contributed by atoms with Gasteiger partial charge in [0.1, 0.15) is 0 Å². The molecule has 1 N–H and O–H groups in total. The summed E-state index contributed by atoms with van der Waals surface area (Å²) >= 11 is 0. The lowest BCUT2D eigenvalue weighted by Crippen LogP contribution is -2.55. The molecule has 4 aliphatic carbocycles. The Morgan fingerprint density at radius 3 is 2.69 bits per heavy atom. The van der Waals surface area contributed by atoms with Gasteiger partial charge in [0.05, 0.1) is 0 Å². The molecule has 3 bridgehead atoms. The van der Waals surface area contributed by atoms with Crippen molar-refractivity contribution in [3.05, 3.63) is 59.2 Å². The van der Waals surface area contributed by atoms with Crippen molar-refractivity contribution in [1.29, 1.82) is 0 Å². The molecule has 3 fully saturated rings. The van der Waals surface area contributed by atoms with Gasteiger partial charge < -0.3 is 0 Å². The first-order valence-corrected chi connectivity index (χ1v) is 11.1. The van der Waals surface area contributed by atoms with Crippen molar-refractivity contribution < 1.29 is 0 Å². The van der Waals surface area contributed by atoms with Gasteiger partial charge >= 0.3 is 0 Å². The summed E-state index contributed by atoms with van der Waals surface area (Å²) in [5, 5.41) is 3.28. The maximum absolute atomic E-state index is 3.28. The second-order valence-corrected chi connectivity index (χ2v) is 9.64. The Bertz CT molecular complexity index is 870. The fourth-order valence-corrected chi connectivity index (χ4v) is 7.78. The van der Waals surface area contributed by atoms with Crippen LogP contribution < -0.4 is 5.09 Å². The molecule has 1 spiro atoms. The molecule has 0 heterocycles. The first-order chi connectivity index (χ1) is 12.8. The van der Waals surface area contributed by atoms with Crippen molar-refractivity contribution in [1.82, 2.24) is 5.09 Å². The summed E-state index contributed by atoms with van der Waals surface area (Å²) in [7, 11) is 2.66. The largest absolute Gasteiger partial charge is 0.296 e. The van der Waals surface area contributed by atoms with Gasteiger partial charge in [-0.05, 0) is 83.6 Å². The Hall–Kier alpha value is -1.17. The Morgan fingerprint density at radius 2 is 1.77 bits per heavy atom. The zero-order valence-corrected chi connectivity index (χ0v) is 16.5. The Morgan fingerprint density at radius 1 is 0.923 bits per heavy atom. The maximum atomic E-state index is 3.28. The minimum absolute atomic E-state index is 0.308. The molecule has 4 aliphatic rings. The van der Waals surface area contributed by atoms with E-state index in [1.165, 1.54) is 55.2 Å². The second-order valence-electron chi connectivity index (χ2n) is 9.23. The van der Waals surface area contributed by atoms with Gasteiger partial charge in [0.2, 0.25) is 0 Å². The first kappa shape index (κ1) is 15.8. The van der Waals surface area contributed by atoms with Crippen LogP contribution in [0.2, 0.25) is 0 Å². The molecule has 2 heteroatoms. The molecule has 0 radical (unpaired) electrons. The average Bonchev–Trinajstić information content (AvgIpc) is 2.93. The highest BCUT2D eigenvalue weighted by atomic mass is 31.0. The van der Waals surface area contributed by atoms with Crippen LogP contribution in [0.4, 0.5) is 0 Å². The predicted octanol–water partition coefficient (Wildman–Crippen LogP) is 5.68. The highest BCUT2D eigenvalue weighted by Gasteiger charge is 2.61. The van der Waals surface area contributed by atoms with Crippen LogP contribution in [-0.4, -0.2) is 0 Å². The fourth-order valence-electron chi connectivity index (χ4n) is 7.55. The normalized spacial score (nSPS) is 36.2. The van der Waals surface area contributed by atoms with Gasteiger partial charge in [-0.2, -0.15) is 0 Å². The molecule has 0 amide bonds. The van der Waals surface area contributed by atoms with E-state index >= 15 is 0 Å². The molecule has 3 saturated carbocycles. The molecule has 6 atom stereocenters. The molecule has 0 aliphatic heterocycles. The van der Waals surface area contributed by atoms with Gasteiger partial charge in [-0.25, -0.2) is 0 Å². The summed E-state index contributed by atoms with van der Waals surface area (Å²) in [5.41, 5.74) is 8.15. The van der Waals surface area contributed by atoms with E-state index in [1.54, 1.807) is 11.1 Å². The highest BCUT2D eigenvalue weighted by molar-refractivity contribution is 7.13. The van der Waals surface area contributed by atoms with E-state index in [1.807, 2.05) is 0 Å². The SMILES string of the molecule is PNCc1ccc2c(c1)C1(c3ccccc3-2)C2CCC3CCC(C2)CC31. The van der Waals surface area contributed by atoms with Gasteiger partial charge in [0.15, 0.2) is 0 Å². The molecule has 2 aromatic carbocycles. The second kappa shape index (κ2) is 5.66. The lowest BCUT2D eigenvalue weighted by molar-refractivity contribution is -0.0321. The van der Waals surface area contributed by atoms with Crippen molar-refractivity contribution in [3.63, 3.8) is 0 Å². The van der Waals surface area contributed by atoms with E-state index in [-0.39, 0.29) is 0 Å². The summed E-state index contributed by atoms with van der Waals surface area (Å²) < 4.78 is 0. The van der Waals surface area contributed by atoms with Gasteiger partial charge in [0.25, 0.3) is 0 Å². The third-order valence-corrected chi connectivity index (χ3v) is 8.54. The van der Waals surface area contributed by atoms with Gasteiger partial charge in [-0.1, -0.05) is 58.3 Å². The van der Waals surface area contributed by atoms with Crippen LogP contribution in [0.15, 0.2) is 42.5 Å². The Labute approximate surface area is 159 Å². The monoisotopic (exact) mass is 361 g/mol. The average molecular weight is 361 g/mol. The zero-order valence-electron chi connectivity index (χ0n) is 15.4. The summed E-state index contributed by atoms with van der Waals surface area (Å²) in [4.78, 5) is 0. The van der Waals surface area contributed by atoms with Crippen LogP contribution in [0.3, 0.4) is 0 Å². The summed E-state index contributed by atoms with van der Waals surface area (Å²) in [6.07, 6.45) is 8.84. The third kappa shape index (κ3) is 1.89. The van der Waals surface area contributed by atoms with Crippen LogP contribution in [0, 0.1) is 23.7 Å². The number of nitrogens with one attached hydrogen (secondary N) is 1. The van der Waals surface area contributed by atoms with Crippen LogP contribution in [-0.2, 0) is 12.0 Å². The van der Waals surface area contributed by atoms with Crippen LogP contribution >= 0.6 is 9.39 Å². The Balaban J connectivity index is 1.64. The Kier molecular flexibility index (Phi) is 3.45. The number of hydrogen-bond acceptors (Lipinski definition) is 1. The standard InChI is InChI=1S/C24H28NP/c26-25-14-16-6-10-20-19-3-1-2-4-21(19)24(23(20)13-16)18-9-8-17-7-5-15(11-18)12-22(17)24/h1-4,6,10,13,15,17-18,22,25H,5,7-9,11-12,14,26H2. The molecule has 6 unspecified atom stereocenters. The van der Waals surface area contributed by atoms with Crippen molar-refractivity contribution >= 4 is 9.39 Å². The van der Waals surface area contributed by atoms with Gasteiger partial charge in [0, 0.05) is 12.0 Å². The van der Waals surface area contributed by atoms with E-state index in [0.29, 0.717) is 5.41 Å². The lowest BCUT2D eigenvalue weighted by Gasteiger charge is -2.60. The molecule has 26 heavy (non-hydrogen) atoms. The minimum atomic E-state index is 0.308. The van der Waals surface area contributed by atoms with E-state index in [4.69, 9.17) is 0 Å². The molecule has 134 valence electrons. The number of rotatable bonds is 2. The van der Waals surface area contributed by atoms with E-state index in [2.05, 4.69) is 56.9 Å². The number of hydrogen-bond donors (Lipinski definition) is 1.